The molecule has 9 heteroatoms. The van der Waals surface area contributed by atoms with Crippen molar-refractivity contribution in [1.29, 1.82) is 0 Å². The largest absolute Gasteiger partial charge is 0.493 e. The molecule has 2 aromatic rings. The van der Waals surface area contributed by atoms with E-state index in [1.807, 2.05) is 13.8 Å². The van der Waals surface area contributed by atoms with E-state index in [1.54, 1.807) is 18.2 Å². The van der Waals surface area contributed by atoms with Crippen LogP contribution in [0.25, 0.3) is 0 Å². The van der Waals surface area contributed by atoms with Gasteiger partial charge in [0.05, 0.1) is 14.2 Å². The monoisotopic (exact) mass is 370 g/mol. The van der Waals surface area contributed by atoms with Gasteiger partial charge in [0.1, 0.15) is 5.82 Å². The van der Waals surface area contributed by atoms with Crippen LogP contribution in [-0.4, -0.2) is 30.2 Å². The zero-order valence-corrected chi connectivity index (χ0v) is 14.9. The van der Waals surface area contributed by atoms with Gasteiger partial charge in [-0.25, -0.2) is 4.98 Å². The minimum Gasteiger partial charge on any atom is -0.493 e. The van der Waals surface area contributed by atoms with Crippen LogP contribution in [-0.2, 0) is 6.18 Å². The number of halogens is 3. The van der Waals surface area contributed by atoms with Gasteiger partial charge in [-0.1, -0.05) is 6.92 Å². The molecule has 1 atom stereocenters. The van der Waals surface area contributed by atoms with Crippen molar-refractivity contribution in [3.63, 3.8) is 0 Å². The van der Waals surface area contributed by atoms with E-state index in [0.717, 1.165) is 12.5 Å². The topological polar surface area (TPSA) is 68.3 Å². The molecule has 2 N–H and O–H groups in total. The molecule has 6 nitrogen and oxygen atoms in total. The number of anilines is 3. The Morgan fingerprint density at radius 2 is 1.77 bits per heavy atom. The molecule has 0 saturated heterocycles. The van der Waals surface area contributed by atoms with Crippen molar-refractivity contribution >= 4 is 17.5 Å². The van der Waals surface area contributed by atoms with E-state index < -0.39 is 11.9 Å². The SMILES string of the molecule is CC[C@H](C)Nc1nc(Nc2ccc(OC)c(OC)c2)cc(C(F)(F)F)n1. The van der Waals surface area contributed by atoms with E-state index in [1.165, 1.54) is 14.2 Å². The van der Waals surface area contributed by atoms with Gasteiger partial charge in [-0.05, 0) is 25.5 Å². The van der Waals surface area contributed by atoms with Crippen LogP contribution >= 0.6 is 0 Å². The van der Waals surface area contributed by atoms with Crippen molar-refractivity contribution in [2.45, 2.75) is 32.5 Å². The van der Waals surface area contributed by atoms with Crippen molar-refractivity contribution in [3.05, 3.63) is 30.0 Å². The number of hydrogen-bond acceptors (Lipinski definition) is 6. The number of benzene rings is 1. The average molecular weight is 370 g/mol. The molecule has 26 heavy (non-hydrogen) atoms. The highest BCUT2D eigenvalue weighted by Gasteiger charge is 2.34. The fraction of sp³-hybridized carbons (Fsp3) is 0.412. The molecule has 0 fully saturated rings. The van der Waals surface area contributed by atoms with Crippen LogP contribution in [0.2, 0.25) is 0 Å². The number of ether oxygens (including phenoxy) is 2. The van der Waals surface area contributed by atoms with Crippen LogP contribution in [0.3, 0.4) is 0 Å². The smallest absolute Gasteiger partial charge is 0.433 e. The number of rotatable bonds is 7. The first-order valence-electron chi connectivity index (χ1n) is 7.98. The lowest BCUT2D eigenvalue weighted by Gasteiger charge is -2.16. The second-order valence-electron chi connectivity index (χ2n) is 5.61. The summed E-state index contributed by atoms with van der Waals surface area (Å²) in [7, 11) is 2.97. The van der Waals surface area contributed by atoms with Crippen LogP contribution in [0.4, 0.5) is 30.6 Å². The summed E-state index contributed by atoms with van der Waals surface area (Å²) < 4.78 is 49.8. The molecule has 0 bridgehead atoms. The van der Waals surface area contributed by atoms with Crippen LogP contribution in [0.1, 0.15) is 26.0 Å². The predicted molar refractivity (Wildman–Crippen MR) is 93.2 cm³/mol. The fourth-order valence-corrected chi connectivity index (χ4v) is 2.11. The lowest BCUT2D eigenvalue weighted by molar-refractivity contribution is -0.141. The van der Waals surface area contributed by atoms with Gasteiger partial charge >= 0.3 is 6.18 Å². The van der Waals surface area contributed by atoms with Crippen LogP contribution in [0, 0.1) is 0 Å². The Bertz CT molecular complexity index is 753. The molecule has 2 rings (SSSR count). The third kappa shape index (κ3) is 4.90. The maximum atomic E-state index is 13.1. The van der Waals surface area contributed by atoms with E-state index in [9.17, 15) is 13.2 Å². The van der Waals surface area contributed by atoms with Gasteiger partial charge < -0.3 is 20.1 Å². The first kappa shape index (κ1) is 19.6. The van der Waals surface area contributed by atoms with Gasteiger partial charge in [0.15, 0.2) is 17.2 Å². The van der Waals surface area contributed by atoms with Gasteiger partial charge in [-0.2, -0.15) is 18.2 Å². The zero-order chi connectivity index (χ0) is 19.3. The molecule has 0 aliphatic rings. The molecule has 142 valence electrons. The summed E-state index contributed by atoms with van der Waals surface area (Å²) in [6.07, 6.45) is -3.86. The van der Waals surface area contributed by atoms with Gasteiger partial charge in [-0.3, -0.25) is 0 Å². The van der Waals surface area contributed by atoms with Crippen LogP contribution in [0.5, 0.6) is 11.5 Å². The molecule has 0 aliphatic carbocycles. The molecule has 0 aliphatic heterocycles. The number of hydrogen-bond donors (Lipinski definition) is 2. The van der Waals surface area contributed by atoms with E-state index in [0.29, 0.717) is 17.2 Å². The van der Waals surface area contributed by atoms with E-state index in [4.69, 9.17) is 9.47 Å². The summed E-state index contributed by atoms with van der Waals surface area (Å²) in [5.41, 5.74) is -0.523. The molecule has 0 unspecified atom stereocenters. The highest BCUT2D eigenvalue weighted by atomic mass is 19.4. The number of nitrogens with zero attached hydrogens (tertiary/aromatic N) is 2. The van der Waals surface area contributed by atoms with E-state index in [-0.39, 0.29) is 17.8 Å². The molecular weight excluding hydrogens is 349 g/mol. The molecular formula is C17H21F3N4O2. The minimum atomic E-state index is -4.58. The summed E-state index contributed by atoms with van der Waals surface area (Å²) >= 11 is 0. The van der Waals surface area contributed by atoms with Gasteiger partial charge in [-0.15, -0.1) is 0 Å². The third-order valence-corrected chi connectivity index (χ3v) is 3.66. The van der Waals surface area contributed by atoms with Crippen molar-refractivity contribution in [2.75, 3.05) is 24.9 Å². The Balaban J connectivity index is 2.37. The predicted octanol–water partition coefficient (Wildman–Crippen LogP) is 4.47. The molecule has 0 saturated carbocycles. The molecule has 0 amide bonds. The van der Waals surface area contributed by atoms with Gasteiger partial charge in [0.2, 0.25) is 5.95 Å². The highest BCUT2D eigenvalue weighted by molar-refractivity contribution is 5.62. The standard InChI is InChI=1S/C17H21F3N4O2/c1-5-10(2)21-16-23-14(17(18,19)20)9-15(24-16)22-11-6-7-12(25-3)13(8-11)26-4/h6-10H,5H2,1-4H3,(H2,21,22,23,24)/t10-/m0/s1. The number of nitrogens with one attached hydrogen (secondary N) is 2. The van der Waals surface area contributed by atoms with Gasteiger partial charge in [0, 0.05) is 23.9 Å². The summed E-state index contributed by atoms with van der Waals surface area (Å²) in [4.78, 5) is 7.69. The average Bonchev–Trinajstić information content (AvgIpc) is 2.60. The Kier molecular flexibility index (Phi) is 6.12. The van der Waals surface area contributed by atoms with E-state index >= 15 is 0 Å². The number of methoxy groups -OCH3 is 2. The second-order valence-corrected chi connectivity index (χ2v) is 5.61. The van der Waals surface area contributed by atoms with Crippen molar-refractivity contribution in [3.8, 4) is 11.5 Å². The van der Waals surface area contributed by atoms with Crippen molar-refractivity contribution in [1.82, 2.24) is 9.97 Å². The maximum Gasteiger partial charge on any atom is 0.433 e. The minimum absolute atomic E-state index is 0.0188. The lowest BCUT2D eigenvalue weighted by Crippen LogP contribution is -2.18. The summed E-state index contributed by atoms with van der Waals surface area (Å²) in [6.45, 7) is 3.75. The van der Waals surface area contributed by atoms with Crippen LogP contribution in [0.15, 0.2) is 24.3 Å². The van der Waals surface area contributed by atoms with Crippen molar-refractivity contribution in [2.24, 2.45) is 0 Å². The first-order valence-corrected chi connectivity index (χ1v) is 7.98. The first-order chi connectivity index (χ1) is 12.3. The zero-order valence-electron chi connectivity index (χ0n) is 14.9. The molecule has 1 heterocycles. The number of aromatic nitrogens is 2. The molecule has 0 spiro atoms. The Labute approximate surface area is 149 Å². The molecule has 1 aromatic carbocycles. The van der Waals surface area contributed by atoms with Crippen LogP contribution < -0.4 is 20.1 Å². The Morgan fingerprint density at radius 3 is 2.35 bits per heavy atom. The third-order valence-electron chi connectivity index (χ3n) is 3.66. The Morgan fingerprint density at radius 1 is 1.08 bits per heavy atom. The summed E-state index contributed by atoms with van der Waals surface area (Å²) in [5.74, 6) is 0.888. The normalized spacial score (nSPS) is 12.4. The Hall–Kier alpha value is -2.71. The fourth-order valence-electron chi connectivity index (χ4n) is 2.11. The van der Waals surface area contributed by atoms with Gasteiger partial charge in [0.25, 0.3) is 0 Å². The molecule has 1 aromatic heterocycles. The second kappa shape index (κ2) is 8.11. The summed E-state index contributed by atoms with van der Waals surface area (Å²) in [5, 5.41) is 5.71. The quantitative estimate of drug-likeness (QED) is 0.750. The van der Waals surface area contributed by atoms with Crippen molar-refractivity contribution < 1.29 is 22.6 Å². The number of alkyl halides is 3. The molecule has 0 radical (unpaired) electrons. The van der Waals surface area contributed by atoms with E-state index in [2.05, 4.69) is 20.6 Å². The maximum absolute atomic E-state index is 13.1. The lowest BCUT2D eigenvalue weighted by atomic mass is 10.2. The highest BCUT2D eigenvalue weighted by Crippen LogP contribution is 2.33. The summed E-state index contributed by atoms with van der Waals surface area (Å²) in [6, 6.07) is 5.70.